The topological polar surface area (TPSA) is 270 Å². The number of carboxylic acids is 2. The maximum Gasteiger partial charge on any atom is 0.303 e. The number of guanidine groups is 1. The SMILES string of the molecule is CC(C)C[C@H](NC(=O)[C@H](CCC(=O)O)NC(=O)CCC(=O)O)C(=O)N[C@@H](CCCN=C(N)N)C(=O)N1CCCC1C#N. The molecule has 1 aliphatic rings. The van der Waals surface area contributed by atoms with Gasteiger partial charge in [0, 0.05) is 25.9 Å². The molecule has 4 amide bonds. The summed E-state index contributed by atoms with van der Waals surface area (Å²) in [7, 11) is 0. The van der Waals surface area contributed by atoms with Crippen LogP contribution in [0.2, 0.25) is 0 Å². The van der Waals surface area contributed by atoms with E-state index in [4.69, 9.17) is 21.7 Å². The van der Waals surface area contributed by atoms with Crippen LogP contribution in [-0.4, -0.2) is 93.9 Å². The molecule has 1 fully saturated rings. The lowest BCUT2D eigenvalue weighted by Crippen LogP contribution is -2.57. The number of amides is 4. The fourth-order valence-electron chi connectivity index (χ4n) is 4.40. The zero-order chi connectivity index (χ0) is 31.8. The van der Waals surface area contributed by atoms with E-state index in [0.29, 0.717) is 25.8 Å². The van der Waals surface area contributed by atoms with Crippen LogP contribution in [-0.2, 0) is 28.8 Å². The highest BCUT2D eigenvalue weighted by Crippen LogP contribution is 2.19. The summed E-state index contributed by atoms with van der Waals surface area (Å²) in [4.78, 5) is 79.4. The van der Waals surface area contributed by atoms with E-state index in [1.54, 1.807) is 0 Å². The molecule has 1 unspecified atom stereocenters. The molecule has 0 aromatic heterocycles. The number of nitrogens with one attached hydrogen (secondary N) is 3. The van der Waals surface area contributed by atoms with E-state index in [9.17, 15) is 34.0 Å². The summed E-state index contributed by atoms with van der Waals surface area (Å²) in [6.45, 7) is 4.17. The Morgan fingerprint density at radius 3 is 2.12 bits per heavy atom. The van der Waals surface area contributed by atoms with Crippen LogP contribution in [0, 0.1) is 17.2 Å². The van der Waals surface area contributed by atoms with Crippen LogP contribution in [0.1, 0.15) is 71.6 Å². The van der Waals surface area contributed by atoms with E-state index in [0.717, 1.165) is 0 Å². The monoisotopic (exact) mass is 594 g/mol. The third kappa shape index (κ3) is 13.3. The lowest BCUT2D eigenvalue weighted by Gasteiger charge is -2.29. The second-order valence-electron chi connectivity index (χ2n) is 10.5. The maximum absolute atomic E-state index is 13.4. The number of nitrogens with two attached hydrogens (primary N) is 2. The Hall–Kier alpha value is -4.42. The van der Waals surface area contributed by atoms with Gasteiger partial charge in [0.15, 0.2) is 5.96 Å². The summed E-state index contributed by atoms with van der Waals surface area (Å²) in [5.41, 5.74) is 10.7. The summed E-state index contributed by atoms with van der Waals surface area (Å²) in [5, 5.41) is 34.9. The molecule has 1 rings (SSSR count). The van der Waals surface area contributed by atoms with Gasteiger partial charge in [-0.25, -0.2) is 0 Å². The zero-order valence-corrected chi connectivity index (χ0v) is 24.0. The van der Waals surface area contributed by atoms with E-state index in [-0.39, 0.29) is 37.7 Å². The maximum atomic E-state index is 13.4. The quantitative estimate of drug-likeness (QED) is 0.0561. The molecule has 42 heavy (non-hydrogen) atoms. The number of likely N-dealkylation sites (tertiary alicyclic amines) is 1. The highest BCUT2D eigenvalue weighted by Gasteiger charge is 2.35. The smallest absolute Gasteiger partial charge is 0.303 e. The molecule has 1 aliphatic heterocycles. The molecule has 0 radical (unpaired) electrons. The number of hydrogen-bond acceptors (Lipinski definition) is 8. The third-order valence-corrected chi connectivity index (χ3v) is 6.45. The molecule has 16 heteroatoms. The van der Waals surface area contributed by atoms with Gasteiger partial charge in [0.25, 0.3) is 0 Å². The average Bonchev–Trinajstić information content (AvgIpc) is 3.39. The molecule has 0 saturated carbocycles. The average molecular weight is 595 g/mol. The van der Waals surface area contributed by atoms with E-state index in [2.05, 4.69) is 27.0 Å². The van der Waals surface area contributed by atoms with Gasteiger partial charge in [-0.2, -0.15) is 5.26 Å². The van der Waals surface area contributed by atoms with Crippen molar-refractivity contribution in [1.82, 2.24) is 20.9 Å². The fraction of sp³-hybridized carbons (Fsp3) is 0.692. The molecule has 1 heterocycles. The van der Waals surface area contributed by atoms with E-state index in [1.807, 2.05) is 13.8 Å². The molecule has 0 bridgehead atoms. The number of nitriles is 1. The lowest BCUT2D eigenvalue weighted by atomic mass is 10.0. The second kappa shape index (κ2) is 18.1. The first kappa shape index (κ1) is 35.6. The van der Waals surface area contributed by atoms with Crippen LogP contribution in [0.25, 0.3) is 0 Å². The first-order valence-electron chi connectivity index (χ1n) is 13.8. The molecular formula is C26H42N8O8. The van der Waals surface area contributed by atoms with Gasteiger partial charge >= 0.3 is 11.9 Å². The summed E-state index contributed by atoms with van der Waals surface area (Å²) in [6.07, 6.45) is 0.105. The van der Waals surface area contributed by atoms with Crippen molar-refractivity contribution in [3.63, 3.8) is 0 Å². The van der Waals surface area contributed by atoms with Crippen molar-refractivity contribution in [2.75, 3.05) is 13.1 Å². The first-order chi connectivity index (χ1) is 19.7. The lowest BCUT2D eigenvalue weighted by molar-refractivity contribution is -0.139. The number of aliphatic carboxylic acids is 2. The minimum Gasteiger partial charge on any atom is -0.481 e. The Balaban J connectivity index is 3.12. The van der Waals surface area contributed by atoms with E-state index < -0.39 is 79.0 Å². The van der Waals surface area contributed by atoms with Crippen molar-refractivity contribution in [2.45, 2.75) is 95.8 Å². The molecule has 0 aliphatic carbocycles. The zero-order valence-electron chi connectivity index (χ0n) is 24.0. The number of nitrogens with zero attached hydrogens (tertiary/aromatic N) is 3. The number of rotatable bonds is 18. The van der Waals surface area contributed by atoms with Crippen LogP contribution in [0.3, 0.4) is 0 Å². The molecule has 0 aromatic rings. The van der Waals surface area contributed by atoms with Gasteiger partial charge in [0.05, 0.1) is 12.5 Å². The molecule has 1 saturated heterocycles. The van der Waals surface area contributed by atoms with Crippen molar-refractivity contribution in [3.8, 4) is 6.07 Å². The number of carboxylic acid groups (broad SMARTS) is 2. The summed E-state index contributed by atoms with van der Waals surface area (Å²) in [6, 6.07) is -2.06. The molecule has 0 aromatic carbocycles. The van der Waals surface area contributed by atoms with Gasteiger partial charge in [-0.1, -0.05) is 13.8 Å². The Morgan fingerprint density at radius 1 is 0.929 bits per heavy atom. The Kier molecular flexibility index (Phi) is 15.3. The largest absolute Gasteiger partial charge is 0.481 e. The minimum absolute atomic E-state index is 0.0961. The summed E-state index contributed by atoms with van der Waals surface area (Å²) >= 11 is 0. The Morgan fingerprint density at radius 2 is 1.55 bits per heavy atom. The second-order valence-corrected chi connectivity index (χ2v) is 10.5. The van der Waals surface area contributed by atoms with Crippen molar-refractivity contribution in [2.24, 2.45) is 22.4 Å². The van der Waals surface area contributed by atoms with Gasteiger partial charge in [-0.15, -0.1) is 0 Å². The van der Waals surface area contributed by atoms with Crippen LogP contribution >= 0.6 is 0 Å². The van der Waals surface area contributed by atoms with Gasteiger partial charge in [-0.05, 0) is 44.4 Å². The van der Waals surface area contributed by atoms with Crippen molar-refractivity contribution < 1.29 is 39.0 Å². The molecule has 9 N–H and O–H groups in total. The highest BCUT2D eigenvalue weighted by atomic mass is 16.4. The third-order valence-electron chi connectivity index (χ3n) is 6.45. The Bertz CT molecular complexity index is 1050. The summed E-state index contributed by atoms with van der Waals surface area (Å²) in [5.74, 6) is -5.39. The molecular weight excluding hydrogens is 552 g/mol. The number of aliphatic imine (C=N–C) groups is 1. The predicted molar refractivity (Wildman–Crippen MR) is 149 cm³/mol. The normalized spacial score (nSPS) is 16.4. The number of carbonyl (C=O) groups excluding carboxylic acids is 4. The van der Waals surface area contributed by atoms with Crippen molar-refractivity contribution in [1.29, 1.82) is 5.26 Å². The van der Waals surface area contributed by atoms with Gasteiger partial charge in [0.2, 0.25) is 23.6 Å². The highest BCUT2D eigenvalue weighted by molar-refractivity contribution is 5.94. The van der Waals surface area contributed by atoms with Crippen molar-refractivity contribution >= 4 is 41.5 Å². The first-order valence-corrected chi connectivity index (χ1v) is 13.8. The van der Waals surface area contributed by atoms with Crippen LogP contribution in [0.5, 0.6) is 0 Å². The number of hydrogen-bond donors (Lipinski definition) is 7. The minimum atomic E-state index is -1.34. The molecule has 16 nitrogen and oxygen atoms in total. The predicted octanol–water partition coefficient (Wildman–Crippen LogP) is -1.22. The van der Waals surface area contributed by atoms with Gasteiger partial charge < -0.3 is 42.5 Å². The van der Waals surface area contributed by atoms with E-state index >= 15 is 0 Å². The van der Waals surface area contributed by atoms with Crippen molar-refractivity contribution in [3.05, 3.63) is 0 Å². The van der Waals surface area contributed by atoms with Crippen LogP contribution < -0.4 is 27.4 Å². The number of carbonyl (C=O) groups is 6. The molecule has 4 atom stereocenters. The summed E-state index contributed by atoms with van der Waals surface area (Å²) < 4.78 is 0. The Labute approximate surface area is 244 Å². The molecule has 234 valence electrons. The van der Waals surface area contributed by atoms with Gasteiger partial charge in [0.1, 0.15) is 24.2 Å². The molecule has 0 spiro atoms. The van der Waals surface area contributed by atoms with E-state index in [1.165, 1.54) is 4.90 Å². The fourth-order valence-corrected chi connectivity index (χ4v) is 4.40. The van der Waals surface area contributed by atoms with Crippen LogP contribution in [0.4, 0.5) is 0 Å². The van der Waals surface area contributed by atoms with Crippen LogP contribution in [0.15, 0.2) is 4.99 Å². The standard InChI is InChI=1S/C26H42N8O8/c1-15(2)13-19(33-23(40)17(7-9-21(36)37)31-20(35)8-10-22(38)39)24(41)32-18(6-3-11-30-26(28)29)25(42)34-12-4-5-16(34)14-27/h15-19H,3-13H2,1-2H3,(H,31,35)(H,32,41)(H,33,40)(H,36,37)(H,38,39)(H4,28,29,30)/t16?,17-,18-,19-/m0/s1. The van der Waals surface area contributed by atoms with Gasteiger partial charge in [-0.3, -0.25) is 33.8 Å².